The highest BCUT2D eigenvalue weighted by molar-refractivity contribution is 7.99. The maximum absolute atomic E-state index is 12.7. The zero-order valence-electron chi connectivity index (χ0n) is 13.1. The Morgan fingerprint density at radius 3 is 2.77 bits per heavy atom. The van der Waals surface area contributed by atoms with Gasteiger partial charge in [-0.05, 0) is 50.9 Å². The number of nitrogens with zero attached hydrogens (tertiary/aromatic N) is 2. The summed E-state index contributed by atoms with van der Waals surface area (Å²) in [5, 5.41) is 9.66. The van der Waals surface area contributed by atoms with Crippen LogP contribution in [0.15, 0.2) is 29.2 Å². The molecule has 1 unspecified atom stereocenters. The molecule has 0 aliphatic carbocycles. The van der Waals surface area contributed by atoms with Crippen LogP contribution in [0.1, 0.15) is 19.8 Å². The highest BCUT2D eigenvalue weighted by Gasteiger charge is 2.27. The van der Waals surface area contributed by atoms with Crippen LogP contribution in [0, 0.1) is 5.92 Å². The third-order valence-electron chi connectivity index (χ3n) is 4.70. The van der Waals surface area contributed by atoms with Crippen LogP contribution in [0.5, 0.6) is 0 Å². The zero-order chi connectivity index (χ0) is 15.5. The van der Waals surface area contributed by atoms with Crippen LogP contribution >= 0.6 is 11.8 Å². The van der Waals surface area contributed by atoms with Gasteiger partial charge in [0.25, 0.3) is 0 Å². The van der Waals surface area contributed by atoms with Gasteiger partial charge in [0.1, 0.15) is 0 Å². The molecule has 2 aliphatic heterocycles. The fourth-order valence-corrected chi connectivity index (χ4v) is 4.29. The van der Waals surface area contributed by atoms with E-state index in [0.29, 0.717) is 12.5 Å². The molecule has 4 nitrogen and oxygen atoms in total. The lowest BCUT2D eigenvalue weighted by atomic mass is 9.92. The molecule has 120 valence electrons. The number of hydrogen-bond donors (Lipinski definition) is 1. The first-order valence-corrected chi connectivity index (χ1v) is 9.06. The van der Waals surface area contributed by atoms with E-state index in [9.17, 15) is 9.90 Å². The maximum Gasteiger partial charge on any atom is 0.241 e. The minimum absolute atomic E-state index is 0.197. The molecule has 3 rings (SSSR count). The molecule has 1 atom stereocenters. The number of likely N-dealkylation sites (tertiary alicyclic amines) is 1. The van der Waals surface area contributed by atoms with E-state index >= 15 is 0 Å². The fourth-order valence-electron chi connectivity index (χ4n) is 3.30. The molecule has 5 heteroatoms. The Morgan fingerprint density at radius 1 is 1.32 bits per heavy atom. The number of thioether (sulfide) groups is 1. The standard InChI is InChI=1S/C17H24N2O2S/c1-13(20)14-6-8-18(9-7-14)12-17(21)19-10-11-22-16-5-3-2-4-15(16)19/h2-5,13-14,20H,6-12H2,1H3. The second kappa shape index (κ2) is 7.02. The smallest absolute Gasteiger partial charge is 0.241 e. The summed E-state index contributed by atoms with van der Waals surface area (Å²) in [4.78, 5) is 18.0. The summed E-state index contributed by atoms with van der Waals surface area (Å²) < 4.78 is 0. The molecule has 1 N–H and O–H groups in total. The van der Waals surface area contributed by atoms with Gasteiger partial charge in [-0.25, -0.2) is 0 Å². The van der Waals surface area contributed by atoms with Gasteiger partial charge in [0.15, 0.2) is 0 Å². The molecule has 1 amide bonds. The molecule has 1 aromatic rings. The van der Waals surface area contributed by atoms with Crippen LogP contribution in [0.3, 0.4) is 0 Å². The van der Waals surface area contributed by atoms with Crippen LogP contribution in [0.4, 0.5) is 5.69 Å². The number of rotatable bonds is 3. The van der Waals surface area contributed by atoms with E-state index < -0.39 is 0 Å². The Hall–Kier alpha value is -1.04. The van der Waals surface area contributed by atoms with Gasteiger partial charge in [-0.2, -0.15) is 0 Å². The molecule has 1 saturated heterocycles. The Morgan fingerprint density at radius 2 is 2.05 bits per heavy atom. The molecule has 1 aromatic carbocycles. The number of aliphatic hydroxyl groups is 1. The molecule has 0 aromatic heterocycles. The van der Waals surface area contributed by atoms with Crippen molar-refractivity contribution in [3.63, 3.8) is 0 Å². The topological polar surface area (TPSA) is 43.8 Å². The monoisotopic (exact) mass is 320 g/mol. The zero-order valence-corrected chi connectivity index (χ0v) is 13.9. The van der Waals surface area contributed by atoms with Gasteiger partial charge in [0.05, 0.1) is 18.3 Å². The van der Waals surface area contributed by atoms with E-state index in [4.69, 9.17) is 0 Å². The van der Waals surface area contributed by atoms with Crippen molar-refractivity contribution < 1.29 is 9.90 Å². The molecular weight excluding hydrogens is 296 g/mol. The van der Waals surface area contributed by atoms with E-state index in [2.05, 4.69) is 11.0 Å². The second-order valence-electron chi connectivity index (χ2n) is 6.22. The third-order valence-corrected chi connectivity index (χ3v) is 5.75. The number of carbonyl (C=O) groups is 1. The van der Waals surface area contributed by atoms with E-state index in [1.807, 2.05) is 41.8 Å². The van der Waals surface area contributed by atoms with Crippen molar-refractivity contribution in [2.24, 2.45) is 5.92 Å². The molecule has 0 radical (unpaired) electrons. The molecule has 2 aliphatic rings. The summed E-state index contributed by atoms with van der Waals surface area (Å²) in [7, 11) is 0. The SMILES string of the molecule is CC(O)C1CCN(CC(=O)N2CCSc3ccccc32)CC1. The van der Waals surface area contributed by atoms with Gasteiger partial charge < -0.3 is 10.0 Å². The molecule has 0 saturated carbocycles. The summed E-state index contributed by atoms with van der Waals surface area (Å²) in [5.74, 6) is 1.55. The predicted molar refractivity (Wildman–Crippen MR) is 90.4 cm³/mol. The number of amides is 1. The van der Waals surface area contributed by atoms with E-state index in [-0.39, 0.29) is 12.0 Å². The summed E-state index contributed by atoms with van der Waals surface area (Å²) in [6.07, 6.45) is 1.73. The summed E-state index contributed by atoms with van der Waals surface area (Å²) >= 11 is 1.82. The fraction of sp³-hybridized carbons (Fsp3) is 0.588. The van der Waals surface area contributed by atoms with Crippen LogP contribution in [-0.4, -0.2) is 53.9 Å². The minimum Gasteiger partial charge on any atom is -0.393 e. The van der Waals surface area contributed by atoms with Gasteiger partial charge in [-0.15, -0.1) is 11.8 Å². The van der Waals surface area contributed by atoms with Crippen molar-refractivity contribution in [3.05, 3.63) is 24.3 Å². The average molecular weight is 320 g/mol. The molecular formula is C17H24N2O2S. The lowest BCUT2D eigenvalue weighted by Crippen LogP contribution is -2.46. The van der Waals surface area contributed by atoms with Gasteiger partial charge in [0.2, 0.25) is 5.91 Å². The first kappa shape index (κ1) is 15.8. The van der Waals surface area contributed by atoms with Gasteiger partial charge in [0, 0.05) is 17.2 Å². The Kier molecular flexibility index (Phi) is 5.06. The third kappa shape index (κ3) is 3.47. The Bertz CT molecular complexity index is 527. The molecule has 22 heavy (non-hydrogen) atoms. The number of carbonyl (C=O) groups excluding carboxylic acids is 1. The van der Waals surface area contributed by atoms with E-state index in [1.54, 1.807) is 0 Å². The average Bonchev–Trinajstić information content (AvgIpc) is 2.54. The van der Waals surface area contributed by atoms with Crippen molar-refractivity contribution in [1.29, 1.82) is 0 Å². The summed E-state index contributed by atoms with van der Waals surface area (Å²) in [5.41, 5.74) is 1.06. The quantitative estimate of drug-likeness (QED) is 0.927. The van der Waals surface area contributed by atoms with E-state index in [0.717, 1.165) is 43.9 Å². The Labute approximate surface area is 136 Å². The van der Waals surface area contributed by atoms with Crippen molar-refractivity contribution in [2.75, 3.05) is 36.8 Å². The van der Waals surface area contributed by atoms with Crippen molar-refractivity contribution in [2.45, 2.75) is 30.8 Å². The lowest BCUT2D eigenvalue weighted by Gasteiger charge is -2.35. The number of hydrogen-bond acceptors (Lipinski definition) is 4. The maximum atomic E-state index is 12.7. The van der Waals surface area contributed by atoms with Crippen molar-refractivity contribution >= 4 is 23.4 Å². The number of piperidine rings is 1. The minimum atomic E-state index is -0.233. The number of benzene rings is 1. The summed E-state index contributed by atoms with van der Waals surface area (Å²) in [6.45, 7) is 4.97. The first-order valence-electron chi connectivity index (χ1n) is 8.08. The van der Waals surface area contributed by atoms with Crippen molar-refractivity contribution in [1.82, 2.24) is 4.90 Å². The summed E-state index contributed by atoms with van der Waals surface area (Å²) in [6, 6.07) is 8.16. The predicted octanol–water partition coefficient (Wildman–Crippen LogP) is 2.22. The second-order valence-corrected chi connectivity index (χ2v) is 7.35. The van der Waals surface area contributed by atoms with Gasteiger partial charge in [-0.1, -0.05) is 12.1 Å². The number of para-hydroxylation sites is 1. The van der Waals surface area contributed by atoms with Crippen molar-refractivity contribution in [3.8, 4) is 0 Å². The molecule has 1 fully saturated rings. The van der Waals surface area contributed by atoms with Crippen LogP contribution in [0.2, 0.25) is 0 Å². The highest BCUT2D eigenvalue weighted by Crippen LogP contribution is 2.34. The number of anilines is 1. The largest absolute Gasteiger partial charge is 0.393 e. The van der Waals surface area contributed by atoms with E-state index in [1.165, 1.54) is 4.90 Å². The first-order chi connectivity index (χ1) is 10.6. The van der Waals surface area contributed by atoms with Gasteiger partial charge in [-0.3, -0.25) is 9.69 Å². The Balaban J connectivity index is 1.60. The molecule has 2 heterocycles. The molecule has 0 bridgehead atoms. The number of aliphatic hydroxyl groups excluding tert-OH is 1. The lowest BCUT2D eigenvalue weighted by molar-refractivity contribution is -0.120. The van der Waals surface area contributed by atoms with Crippen LogP contribution < -0.4 is 4.90 Å². The number of fused-ring (bicyclic) bond motifs is 1. The van der Waals surface area contributed by atoms with Gasteiger partial charge >= 0.3 is 0 Å². The normalized spacial score (nSPS) is 21.5. The molecule has 0 spiro atoms. The van der Waals surface area contributed by atoms with Crippen LogP contribution in [0.25, 0.3) is 0 Å². The highest BCUT2D eigenvalue weighted by atomic mass is 32.2. The van der Waals surface area contributed by atoms with Crippen LogP contribution in [-0.2, 0) is 4.79 Å².